The van der Waals surface area contributed by atoms with Crippen LogP contribution in [0, 0.1) is 5.92 Å². The van der Waals surface area contributed by atoms with Crippen LogP contribution in [0.1, 0.15) is 40.0 Å². The summed E-state index contributed by atoms with van der Waals surface area (Å²) in [5, 5.41) is 0. The molecule has 0 heterocycles. The summed E-state index contributed by atoms with van der Waals surface area (Å²) in [5.74, 6) is -1.83. The zero-order valence-electron chi connectivity index (χ0n) is 8.83. The van der Waals surface area contributed by atoms with E-state index in [1.807, 2.05) is 13.8 Å². The Balaban J connectivity index is 0. The Morgan fingerprint density at radius 1 is 1.13 bits per heavy atom. The van der Waals surface area contributed by atoms with Crippen molar-refractivity contribution in [3.8, 4) is 0 Å². The van der Waals surface area contributed by atoms with Gasteiger partial charge in [-0.3, -0.25) is 14.4 Å². The van der Waals surface area contributed by atoms with Crippen LogP contribution in [-0.4, -0.2) is 35.1 Å². The summed E-state index contributed by atoms with van der Waals surface area (Å²) in [6.07, 6.45) is 0.956. The van der Waals surface area contributed by atoms with Gasteiger partial charge in [0.1, 0.15) is 12.2 Å². The minimum Gasteiger partial charge on any atom is -0.393 e. The van der Waals surface area contributed by atoms with Gasteiger partial charge in [-0.25, -0.2) is 0 Å². The quantitative estimate of drug-likeness (QED) is 0.387. The van der Waals surface area contributed by atoms with Gasteiger partial charge in [0.2, 0.25) is 0 Å². The normalized spacial score (nSPS) is 9.33. The average molecular weight is 230 g/mol. The average Bonchev–Trinajstić information content (AvgIpc) is 2.04. The summed E-state index contributed by atoms with van der Waals surface area (Å²) < 4.78 is 4.51. The van der Waals surface area contributed by atoms with E-state index in [0.29, 0.717) is 12.8 Å². The lowest BCUT2D eigenvalue weighted by atomic mass is 10.0. The van der Waals surface area contributed by atoms with Crippen molar-refractivity contribution in [3.63, 3.8) is 0 Å². The van der Waals surface area contributed by atoms with Crippen LogP contribution in [-0.2, 0) is 19.1 Å². The summed E-state index contributed by atoms with van der Waals surface area (Å²) in [7, 11) is 0. The third kappa shape index (κ3) is 7.29. The number of hydrogen-bond acceptors (Lipinski definition) is 4. The number of carbonyl (C=O) groups excluding carboxylic acids is 3. The van der Waals surface area contributed by atoms with Crippen LogP contribution in [0.2, 0.25) is 0 Å². The molecule has 0 aromatic rings. The van der Waals surface area contributed by atoms with Crippen LogP contribution < -0.4 is 0 Å². The molecule has 0 aliphatic rings. The Morgan fingerprint density at radius 3 is 1.93 bits per heavy atom. The van der Waals surface area contributed by atoms with E-state index in [1.165, 1.54) is 6.92 Å². The van der Waals surface area contributed by atoms with Crippen LogP contribution in [0.25, 0.3) is 0 Å². The van der Waals surface area contributed by atoms with Crippen LogP contribution in [0.5, 0.6) is 0 Å². The van der Waals surface area contributed by atoms with Gasteiger partial charge in [-0.05, 0) is 19.8 Å². The third-order valence-electron chi connectivity index (χ3n) is 1.93. The van der Waals surface area contributed by atoms with Crippen molar-refractivity contribution >= 4 is 35.1 Å². The zero-order chi connectivity index (χ0) is 11.1. The molecule has 0 amide bonds. The first-order chi connectivity index (χ1) is 6.51. The second kappa shape index (κ2) is 8.63. The SMILES string of the molecule is CCC(CC)C(=O)OC(=O)CC(C)=O.[AlH3]. The summed E-state index contributed by atoms with van der Waals surface area (Å²) in [6.45, 7) is 4.98. The van der Waals surface area contributed by atoms with E-state index in [-0.39, 0.29) is 35.5 Å². The molecule has 0 spiro atoms. The smallest absolute Gasteiger partial charge is 0.320 e. The fourth-order valence-corrected chi connectivity index (χ4v) is 1.06. The van der Waals surface area contributed by atoms with Gasteiger partial charge >= 0.3 is 11.9 Å². The lowest BCUT2D eigenvalue weighted by Crippen LogP contribution is -2.21. The van der Waals surface area contributed by atoms with Gasteiger partial charge in [-0.2, -0.15) is 0 Å². The number of esters is 2. The number of hydrogen-bond donors (Lipinski definition) is 0. The molecule has 0 bridgehead atoms. The predicted molar refractivity (Wildman–Crippen MR) is 60.4 cm³/mol. The zero-order valence-corrected chi connectivity index (χ0v) is 8.83. The summed E-state index contributed by atoms with van der Waals surface area (Å²) in [4.78, 5) is 32.7. The molecule has 0 atom stereocenters. The van der Waals surface area contributed by atoms with E-state index >= 15 is 0 Å². The molecule has 4 nitrogen and oxygen atoms in total. The lowest BCUT2D eigenvalue weighted by molar-refractivity contribution is -0.163. The molecule has 0 radical (unpaired) electrons. The second-order valence-corrected chi connectivity index (χ2v) is 3.19. The highest BCUT2D eigenvalue weighted by Gasteiger charge is 2.19. The number of ether oxygens (including phenoxy) is 1. The largest absolute Gasteiger partial charge is 0.393 e. The van der Waals surface area contributed by atoms with Crippen LogP contribution in [0.3, 0.4) is 0 Å². The van der Waals surface area contributed by atoms with Crippen LogP contribution >= 0.6 is 0 Å². The molecule has 5 heteroatoms. The molecule has 15 heavy (non-hydrogen) atoms. The standard InChI is InChI=1S/C10H16O4.Al.3H/c1-4-8(5-2)10(13)14-9(12)6-7(3)11;;;;/h8H,4-6H2,1-3H3;;;;. The molecule has 0 unspecified atom stereocenters. The predicted octanol–water partition coefficient (Wildman–Crippen LogP) is 0.288. The molecule has 0 aromatic heterocycles. The van der Waals surface area contributed by atoms with Crippen LogP contribution in [0.15, 0.2) is 0 Å². The van der Waals surface area contributed by atoms with Gasteiger partial charge in [0.05, 0.1) is 5.92 Å². The van der Waals surface area contributed by atoms with Gasteiger partial charge < -0.3 is 4.74 Å². The minimum absolute atomic E-state index is 0. The molecule has 0 aromatic carbocycles. The molecule has 0 aliphatic carbocycles. The fourth-order valence-electron chi connectivity index (χ4n) is 1.06. The van der Waals surface area contributed by atoms with Crippen molar-refractivity contribution in [2.24, 2.45) is 5.92 Å². The Kier molecular flexibility index (Phi) is 9.65. The molecule has 0 saturated heterocycles. The third-order valence-corrected chi connectivity index (χ3v) is 1.93. The van der Waals surface area contributed by atoms with Crippen molar-refractivity contribution in [1.29, 1.82) is 0 Å². The first kappa shape index (κ1) is 16.8. The van der Waals surface area contributed by atoms with Crippen molar-refractivity contribution < 1.29 is 19.1 Å². The lowest BCUT2D eigenvalue weighted by Gasteiger charge is -2.09. The van der Waals surface area contributed by atoms with E-state index in [0.717, 1.165) is 0 Å². The van der Waals surface area contributed by atoms with Crippen LogP contribution in [0.4, 0.5) is 0 Å². The maximum Gasteiger partial charge on any atom is 0.320 e. The molecule has 0 N–H and O–H groups in total. The maximum absolute atomic E-state index is 11.2. The van der Waals surface area contributed by atoms with Crippen molar-refractivity contribution in [1.82, 2.24) is 0 Å². The van der Waals surface area contributed by atoms with E-state index in [1.54, 1.807) is 0 Å². The Labute approximate surface area is 100 Å². The Bertz CT molecular complexity index is 234. The molecule has 0 saturated carbocycles. The summed E-state index contributed by atoms with van der Waals surface area (Å²) >= 11 is 0. The van der Waals surface area contributed by atoms with Gasteiger partial charge in [-0.15, -0.1) is 0 Å². The first-order valence-corrected chi connectivity index (χ1v) is 4.75. The van der Waals surface area contributed by atoms with E-state index in [9.17, 15) is 14.4 Å². The first-order valence-electron chi connectivity index (χ1n) is 4.75. The van der Waals surface area contributed by atoms with E-state index in [4.69, 9.17) is 0 Å². The summed E-state index contributed by atoms with van der Waals surface area (Å²) in [5.41, 5.74) is 0. The van der Waals surface area contributed by atoms with Gasteiger partial charge in [-0.1, -0.05) is 13.8 Å². The fraction of sp³-hybridized carbons (Fsp3) is 0.700. The molecule has 0 aliphatic heterocycles. The highest BCUT2D eigenvalue weighted by atomic mass is 27.0. The summed E-state index contributed by atoms with van der Waals surface area (Å²) in [6, 6.07) is 0. The van der Waals surface area contributed by atoms with Crippen molar-refractivity contribution in [3.05, 3.63) is 0 Å². The molecule has 86 valence electrons. The Hall–Kier alpha value is -0.658. The monoisotopic (exact) mass is 230 g/mol. The highest BCUT2D eigenvalue weighted by molar-refractivity contribution is 5.98. The molecular formula is C10H19AlO4. The van der Waals surface area contributed by atoms with E-state index < -0.39 is 11.9 Å². The molecule has 0 rings (SSSR count). The number of carbonyl (C=O) groups is 3. The number of rotatable bonds is 5. The van der Waals surface area contributed by atoms with Gasteiger partial charge in [0, 0.05) is 0 Å². The van der Waals surface area contributed by atoms with Crippen molar-refractivity contribution in [2.45, 2.75) is 40.0 Å². The number of Topliss-reactive ketones (excluding diaryl/α,β-unsaturated/α-hetero) is 1. The second-order valence-electron chi connectivity index (χ2n) is 3.19. The highest BCUT2D eigenvalue weighted by Crippen LogP contribution is 2.09. The maximum atomic E-state index is 11.2. The topological polar surface area (TPSA) is 60.4 Å². The molecular weight excluding hydrogens is 211 g/mol. The molecule has 0 fully saturated rings. The minimum atomic E-state index is -0.755. The van der Waals surface area contributed by atoms with Gasteiger partial charge in [0.25, 0.3) is 0 Å². The van der Waals surface area contributed by atoms with Crippen molar-refractivity contribution in [2.75, 3.05) is 0 Å². The number of ketones is 1. The Morgan fingerprint density at radius 2 is 1.60 bits per heavy atom. The van der Waals surface area contributed by atoms with E-state index in [2.05, 4.69) is 4.74 Å². The van der Waals surface area contributed by atoms with Gasteiger partial charge in [0.15, 0.2) is 17.4 Å².